The van der Waals surface area contributed by atoms with Gasteiger partial charge in [-0.15, -0.1) is 0 Å². The number of carbonyl (C=O) groups excluding carboxylic acids is 2. The number of esters is 1. The van der Waals surface area contributed by atoms with Crippen LogP contribution in [0.5, 0.6) is 0 Å². The van der Waals surface area contributed by atoms with E-state index >= 15 is 0 Å². The lowest BCUT2D eigenvalue weighted by molar-refractivity contribution is -0.151. The van der Waals surface area contributed by atoms with Gasteiger partial charge >= 0.3 is 5.97 Å². The van der Waals surface area contributed by atoms with Gasteiger partial charge in [-0.1, -0.05) is 257 Å². The Morgan fingerprint density at radius 1 is 0.468 bits per heavy atom. The van der Waals surface area contributed by atoms with E-state index in [4.69, 9.17) is 4.74 Å². The molecule has 0 aliphatic heterocycles. The molecule has 3 N–H and O–H groups in total. The summed E-state index contributed by atoms with van der Waals surface area (Å²) in [6.45, 7) is 6.49. The van der Waals surface area contributed by atoms with Crippen LogP contribution >= 0.6 is 0 Å². The van der Waals surface area contributed by atoms with Crippen molar-refractivity contribution in [2.24, 2.45) is 0 Å². The Balaban J connectivity index is 4.57. The predicted octanol–water partition coefficient (Wildman–Crippen LogP) is 16.7. The first-order valence-corrected chi connectivity index (χ1v) is 27.6. The summed E-state index contributed by atoms with van der Waals surface area (Å²) in [5.41, 5.74) is 0. The largest absolute Gasteiger partial charge is 0.462 e. The van der Waals surface area contributed by atoms with Gasteiger partial charge in [0.2, 0.25) is 5.91 Å². The first kappa shape index (κ1) is 60.3. The molecule has 0 aromatic rings. The highest BCUT2D eigenvalue weighted by molar-refractivity contribution is 5.77. The van der Waals surface area contributed by atoms with Crippen molar-refractivity contribution in [2.45, 2.75) is 315 Å². The maximum absolute atomic E-state index is 13.2. The van der Waals surface area contributed by atoms with Crippen molar-refractivity contribution in [3.05, 3.63) is 24.3 Å². The molecule has 0 aliphatic carbocycles. The normalized spacial score (nSPS) is 13.3. The van der Waals surface area contributed by atoms with Crippen molar-refractivity contribution < 1.29 is 24.5 Å². The molecule has 0 radical (unpaired) electrons. The zero-order valence-corrected chi connectivity index (χ0v) is 41.8. The standard InChI is InChI=1S/C56H107NO5/c1-4-7-10-13-16-19-22-24-26-28-29-31-33-35-38-41-44-47-52(50-55(60)57-53(51-58)54(59)48-45-42-39-36-21-18-15-12-9-6-3)62-56(61)49-46-43-40-37-34-32-30-27-25-23-20-17-14-11-8-5-2/h27,30,32,34,52-54,58-59H,4-26,28-29,31,33,35-51H2,1-3H3,(H,57,60)/b30-27+,34-32+. The van der Waals surface area contributed by atoms with Crippen molar-refractivity contribution in [1.82, 2.24) is 5.32 Å². The maximum atomic E-state index is 13.2. The number of ether oxygens (including phenoxy) is 1. The van der Waals surface area contributed by atoms with Crippen LogP contribution in [0.1, 0.15) is 297 Å². The maximum Gasteiger partial charge on any atom is 0.306 e. The van der Waals surface area contributed by atoms with Gasteiger partial charge in [0.15, 0.2) is 0 Å². The van der Waals surface area contributed by atoms with Gasteiger partial charge < -0.3 is 20.3 Å². The molecule has 0 heterocycles. The highest BCUT2D eigenvalue weighted by Gasteiger charge is 2.24. The first-order valence-electron chi connectivity index (χ1n) is 27.6. The van der Waals surface area contributed by atoms with E-state index in [1.165, 1.54) is 186 Å². The lowest BCUT2D eigenvalue weighted by atomic mass is 10.0. The van der Waals surface area contributed by atoms with Gasteiger partial charge in [0.25, 0.3) is 0 Å². The Morgan fingerprint density at radius 2 is 0.806 bits per heavy atom. The van der Waals surface area contributed by atoms with E-state index in [0.29, 0.717) is 19.3 Å². The fraction of sp³-hybridized carbons (Fsp3) is 0.893. The Kier molecular flexibility index (Phi) is 49.0. The number of hydrogen-bond acceptors (Lipinski definition) is 5. The van der Waals surface area contributed by atoms with Gasteiger partial charge in [-0.25, -0.2) is 0 Å². The van der Waals surface area contributed by atoms with Crippen molar-refractivity contribution in [1.29, 1.82) is 0 Å². The molecule has 3 atom stereocenters. The molecule has 62 heavy (non-hydrogen) atoms. The molecule has 0 bridgehead atoms. The second-order valence-electron chi connectivity index (χ2n) is 19.0. The predicted molar refractivity (Wildman–Crippen MR) is 269 cm³/mol. The number of carbonyl (C=O) groups is 2. The van der Waals surface area contributed by atoms with Crippen LogP contribution in [0.3, 0.4) is 0 Å². The third-order valence-corrected chi connectivity index (χ3v) is 12.8. The Bertz CT molecular complexity index is 981. The van der Waals surface area contributed by atoms with Gasteiger partial charge in [-0.3, -0.25) is 9.59 Å². The highest BCUT2D eigenvalue weighted by Crippen LogP contribution is 2.18. The zero-order chi connectivity index (χ0) is 45.2. The second kappa shape index (κ2) is 50.3. The van der Waals surface area contributed by atoms with E-state index in [1.807, 2.05) is 0 Å². The molecule has 0 saturated heterocycles. The zero-order valence-electron chi connectivity index (χ0n) is 41.8. The van der Waals surface area contributed by atoms with Crippen LogP contribution in [0.25, 0.3) is 0 Å². The molecule has 0 rings (SSSR count). The molecule has 0 aromatic carbocycles. The Labute approximate surface area is 386 Å². The number of aliphatic hydroxyl groups excluding tert-OH is 2. The van der Waals surface area contributed by atoms with Gasteiger partial charge in [-0.2, -0.15) is 0 Å². The first-order chi connectivity index (χ1) is 30.5. The van der Waals surface area contributed by atoms with Crippen LogP contribution in [-0.4, -0.2) is 46.9 Å². The quantitative estimate of drug-likeness (QED) is 0.0321. The number of hydrogen-bond donors (Lipinski definition) is 3. The van der Waals surface area contributed by atoms with E-state index < -0.39 is 18.2 Å². The Hall–Kier alpha value is -1.66. The topological polar surface area (TPSA) is 95.9 Å². The van der Waals surface area contributed by atoms with E-state index in [1.54, 1.807) is 0 Å². The Morgan fingerprint density at radius 3 is 1.19 bits per heavy atom. The number of rotatable bonds is 50. The third kappa shape index (κ3) is 44.9. The number of allylic oxidation sites excluding steroid dienone is 4. The molecular formula is C56H107NO5. The molecule has 0 saturated carbocycles. The molecule has 0 fully saturated rings. The monoisotopic (exact) mass is 874 g/mol. The summed E-state index contributed by atoms with van der Waals surface area (Å²) in [5.74, 6) is -0.488. The van der Waals surface area contributed by atoms with Crippen LogP contribution in [0.2, 0.25) is 0 Å². The molecule has 3 unspecified atom stereocenters. The minimum Gasteiger partial charge on any atom is -0.462 e. The van der Waals surface area contributed by atoms with E-state index in [-0.39, 0.29) is 24.9 Å². The average molecular weight is 874 g/mol. The average Bonchev–Trinajstić information content (AvgIpc) is 3.26. The van der Waals surface area contributed by atoms with Gasteiger partial charge in [0, 0.05) is 6.42 Å². The summed E-state index contributed by atoms with van der Waals surface area (Å²) in [7, 11) is 0. The molecular weight excluding hydrogens is 767 g/mol. The van der Waals surface area contributed by atoms with E-state index in [9.17, 15) is 19.8 Å². The van der Waals surface area contributed by atoms with Gasteiger partial charge in [0.1, 0.15) is 6.10 Å². The van der Waals surface area contributed by atoms with Crippen molar-refractivity contribution in [2.75, 3.05) is 6.61 Å². The lowest BCUT2D eigenvalue weighted by Gasteiger charge is -2.24. The van der Waals surface area contributed by atoms with Crippen LogP contribution in [0, 0.1) is 0 Å². The SMILES string of the molecule is CCCCCCCCC/C=C/C=C/CCCCCC(=O)OC(CCCCCCCCCCCCCCCCCCC)CC(=O)NC(CO)C(O)CCCCCCCCCCCC. The van der Waals surface area contributed by atoms with Crippen molar-refractivity contribution in [3.8, 4) is 0 Å². The fourth-order valence-electron chi connectivity index (χ4n) is 8.60. The van der Waals surface area contributed by atoms with E-state index in [2.05, 4.69) is 50.4 Å². The number of unbranched alkanes of at least 4 members (excludes halogenated alkanes) is 35. The summed E-state index contributed by atoms with van der Waals surface area (Å²) in [6, 6.07) is -0.701. The van der Waals surface area contributed by atoms with Crippen molar-refractivity contribution >= 4 is 11.9 Å². The summed E-state index contributed by atoms with van der Waals surface area (Å²) in [6.07, 6.45) is 58.2. The number of aliphatic hydroxyl groups is 2. The fourth-order valence-corrected chi connectivity index (χ4v) is 8.60. The summed E-state index contributed by atoms with van der Waals surface area (Å²) < 4.78 is 5.94. The van der Waals surface area contributed by atoms with Crippen LogP contribution < -0.4 is 5.32 Å². The molecule has 6 heteroatoms. The molecule has 6 nitrogen and oxygen atoms in total. The summed E-state index contributed by atoms with van der Waals surface area (Å²) >= 11 is 0. The molecule has 0 aliphatic rings. The van der Waals surface area contributed by atoms with Crippen LogP contribution in [-0.2, 0) is 14.3 Å². The van der Waals surface area contributed by atoms with E-state index in [0.717, 1.165) is 64.2 Å². The minimum absolute atomic E-state index is 0.0728. The molecule has 1 amide bonds. The molecule has 0 aromatic heterocycles. The summed E-state index contributed by atoms with van der Waals surface area (Å²) in [5, 5.41) is 23.8. The minimum atomic E-state index is -0.787. The van der Waals surface area contributed by atoms with Crippen molar-refractivity contribution in [3.63, 3.8) is 0 Å². The second-order valence-corrected chi connectivity index (χ2v) is 19.0. The lowest BCUT2D eigenvalue weighted by Crippen LogP contribution is -2.46. The third-order valence-electron chi connectivity index (χ3n) is 12.8. The smallest absolute Gasteiger partial charge is 0.306 e. The number of amides is 1. The molecule has 0 spiro atoms. The summed E-state index contributed by atoms with van der Waals surface area (Å²) in [4.78, 5) is 26.2. The van der Waals surface area contributed by atoms with Crippen LogP contribution in [0.15, 0.2) is 24.3 Å². The van der Waals surface area contributed by atoms with Crippen LogP contribution in [0.4, 0.5) is 0 Å². The van der Waals surface area contributed by atoms with Gasteiger partial charge in [-0.05, 0) is 51.4 Å². The molecule has 366 valence electrons. The highest BCUT2D eigenvalue weighted by atomic mass is 16.5. The van der Waals surface area contributed by atoms with Gasteiger partial charge in [0.05, 0.1) is 25.2 Å². The number of nitrogens with one attached hydrogen (secondary N) is 1.